The summed E-state index contributed by atoms with van der Waals surface area (Å²) in [6, 6.07) is 6.17. The summed E-state index contributed by atoms with van der Waals surface area (Å²) in [6.07, 6.45) is 3.45. The van der Waals surface area contributed by atoms with Gasteiger partial charge in [0.05, 0.1) is 0 Å². The molecule has 0 heterocycles. The molecule has 0 spiro atoms. The highest BCUT2D eigenvalue weighted by Gasteiger charge is 2.23. The first-order valence-corrected chi connectivity index (χ1v) is 6.92. The highest BCUT2D eigenvalue weighted by molar-refractivity contribution is 9.10. The van der Waals surface area contributed by atoms with E-state index in [2.05, 4.69) is 28.2 Å². The quantitative estimate of drug-likeness (QED) is 0.886. The van der Waals surface area contributed by atoms with Gasteiger partial charge in [-0.2, -0.15) is 0 Å². The summed E-state index contributed by atoms with van der Waals surface area (Å²) in [6.45, 7) is 4.24. The Balaban J connectivity index is 2.04. The van der Waals surface area contributed by atoms with Crippen LogP contribution in [0.15, 0.2) is 22.7 Å². The molecule has 3 heteroatoms. The molecule has 0 aromatic heterocycles. The van der Waals surface area contributed by atoms with Crippen molar-refractivity contribution in [1.82, 2.24) is 5.32 Å². The third-order valence-corrected chi connectivity index (χ3v) is 3.79. The van der Waals surface area contributed by atoms with Crippen LogP contribution in [-0.4, -0.2) is 11.9 Å². The summed E-state index contributed by atoms with van der Waals surface area (Å²) < 4.78 is 0.961. The van der Waals surface area contributed by atoms with Crippen molar-refractivity contribution < 1.29 is 4.79 Å². The van der Waals surface area contributed by atoms with Gasteiger partial charge in [-0.15, -0.1) is 0 Å². The molecule has 17 heavy (non-hydrogen) atoms. The van der Waals surface area contributed by atoms with Gasteiger partial charge in [0.25, 0.3) is 5.91 Å². The molecule has 0 radical (unpaired) electrons. The van der Waals surface area contributed by atoms with E-state index in [0.717, 1.165) is 34.4 Å². The van der Waals surface area contributed by atoms with Crippen molar-refractivity contribution in [2.45, 2.75) is 39.2 Å². The van der Waals surface area contributed by atoms with Crippen molar-refractivity contribution in [2.75, 3.05) is 0 Å². The van der Waals surface area contributed by atoms with Crippen LogP contribution in [0.3, 0.4) is 0 Å². The Kier molecular flexibility index (Phi) is 3.87. The van der Waals surface area contributed by atoms with E-state index in [4.69, 9.17) is 0 Å². The summed E-state index contributed by atoms with van der Waals surface area (Å²) in [5.74, 6) is 0.790. The van der Waals surface area contributed by atoms with Gasteiger partial charge in [-0.1, -0.05) is 22.9 Å². The highest BCUT2D eigenvalue weighted by Crippen LogP contribution is 2.25. The van der Waals surface area contributed by atoms with Crippen LogP contribution < -0.4 is 5.32 Å². The third kappa shape index (κ3) is 3.32. The number of carbonyl (C=O) groups excluding carboxylic acids is 1. The van der Waals surface area contributed by atoms with Crippen LogP contribution in [-0.2, 0) is 0 Å². The lowest BCUT2D eigenvalue weighted by Crippen LogP contribution is -2.32. The molecule has 0 saturated heterocycles. The first kappa shape index (κ1) is 12.6. The Morgan fingerprint density at radius 1 is 1.35 bits per heavy atom. The van der Waals surface area contributed by atoms with E-state index in [1.54, 1.807) is 0 Å². The molecule has 2 unspecified atom stereocenters. The van der Waals surface area contributed by atoms with Crippen LogP contribution in [0.2, 0.25) is 0 Å². The summed E-state index contributed by atoms with van der Waals surface area (Å²) in [7, 11) is 0. The fourth-order valence-corrected chi connectivity index (χ4v) is 3.08. The standard InChI is InChI=1S/C14H18BrNO/c1-9-3-4-13(7-9)16-14(17)11-5-10(2)6-12(15)8-11/h5-6,8-9,13H,3-4,7H2,1-2H3,(H,16,17). The Bertz CT molecular complexity index is 410. The molecule has 2 rings (SSSR count). The second-order valence-corrected chi connectivity index (χ2v) is 6.02. The van der Waals surface area contributed by atoms with Gasteiger partial charge in [-0.25, -0.2) is 0 Å². The lowest BCUT2D eigenvalue weighted by molar-refractivity contribution is 0.0937. The minimum atomic E-state index is 0.0495. The molecule has 1 N–H and O–H groups in total. The maximum absolute atomic E-state index is 12.1. The Morgan fingerprint density at radius 2 is 2.12 bits per heavy atom. The van der Waals surface area contributed by atoms with Crippen molar-refractivity contribution in [3.05, 3.63) is 33.8 Å². The largest absolute Gasteiger partial charge is 0.349 e. The van der Waals surface area contributed by atoms with Crippen LogP contribution in [0.4, 0.5) is 0 Å². The van der Waals surface area contributed by atoms with E-state index in [-0.39, 0.29) is 5.91 Å². The molecule has 2 nitrogen and oxygen atoms in total. The summed E-state index contributed by atoms with van der Waals surface area (Å²) >= 11 is 3.42. The zero-order valence-corrected chi connectivity index (χ0v) is 11.9. The minimum Gasteiger partial charge on any atom is -0.349 e. The summed E-state index contributed by atoms with van der Waals surface area (Å²) in [5.41, 5.74) is 1.85. The maximum atomic E-state index is 12.1. The van der Waals surface area contributed by atoms with Gasteiger partial charge in [0.2, 0.25) is 0 Å². The Hall–Kier alpha value is -0.830. The van der Waals surface area contributed by atoms with E-state index in [1.807, 2.05) is 25.1 Å². The predicted octanol–water partition coefficient (Wildman–Crippen LogP) is 3.68. The zero-order chi connectivity index (χ0) is 12.4. The monoisotopic (exact) mass is 295 g/mol. The van der Waals surface area contributed by atoms with Crippen LogP contribution in [0, 0.1) is 12.8 Å². The lowest BCUT2D eigenvalue weighted by Gasteiger charge is -2.13. The highest BCUT2D eigenvalue weighted by atomic mass is 79.9. The molecule has 1 aliphatic carbocycles. The molecule has 1 aromatic carbocycles. The third-order valence-electron chi connectivity index (χ3n) is 3.33. The number of hydrogen-bond acceptors (Lipinski definition) is 1. The molecule has 92 valence electrons. The van der Waals surface area contributed by atoms with Gasteiger partial charge in [0.1, 0.15) is 0 Å². The molecule has 1 aliphatic rings. The molecule has 1 amide bonds. The van der Waals surface area contributed by atoms with Crippen LogP contribution in [0.1, 0.15) is 42.1 Å². The van der Waals surface area contributed by atoms with Gasteiger partial charge in [-0.05, 0) is 55.9 Å². The average molecular weight is 296 g/mol. The summed E-state index contributed by atoms with van der Waals surface area (Å²) in [4.78, 5) is 12.1. The second-order valence-electron chi connectivity index (χ2n) is 5.11. The molecule has 0 aliphatic heterocycles. The smallest absolute Gasteiger partial charge is 0.251 e. The Morgan fingerprint density at radius 3 is 2.71 bits per heavy atom. The van der Waals surface area contributed by atoms with Crippen molar-refractivity contribution in [2.24, 2.45) is 5.92 Å². The fourth-order valence-electron chi connectivity index (χ4n) is 2.47. The Labute approximate surface area is 111 Å². The van der Waals surface area contributed by atoms with Crippen LogP contribution in [0.5, 0.6) is 0 Å². The summed E-state index contributed by atoms with van der Waals surface area (Å²) in [5, 5.41) is 3.12. The molecular formula is C14H18BrNO. The number of benzene rings is 1. The van der Waals surface area contributed by atoms with Gasteiger partial charge < -0.3 is 5.32 Å². The number of amides is 1. The predicted molar refractivity (Wildman–Crippen MR) is 73.1 cm³/mol. The maximum Gasteiger partial charge on any atom is 0.251 e. The molecule has 1 aromatic rings. The number of rotatable bonds is 2. The molecule has 1 saturated carbocycles. The topological polar surface area (TPSA) is 29.1 Å². The normalized spacial score (nSPS) is 23.7. The minimum absolute atomic E-state index is 0.0495. The van der Waals surface area contributed by atoms with Crippen LogP contribution in [0.25, 0.3) is 0 Å². The number of carbonyl (C=O) groups is 1. The van der Waals surface area contributed by atoms with E-state index in [9.17, 15) is 4.79 Å². The average Bonchev–Trinajstić information content (AvgIpc) is 2.62. The van der Waals surface area contributed by atoms with E-state index < -0.39 is 0 Å². The van der Waals surface area contributed by atoms with Gasteiger partial charge in [0.15, 0.2) is 0 Å². The number of halogens is 1. The van der Waals surface area contributed by atoms with Gasteiger partial charge in [-0.3, -0.25) is 4.79 Å². The SMILES string of the molecule is Cc1cc(Br)cc(C(=O)NC2CCC(C)C2)c1. The van der Waals surface area contributed by atoms with Crippen molar-refractivity contribution >= 4 is 21.8 Å². The van der Waals surface area contributed by atoms with Crippen molar-refractivity contribution in [3.63, 3.8) is 0 Å². The molecular weight excluding hydrogens is 278 g/mol. The number of nitrogens with one attached hydrogen (secondary N) is 1. The van der Waals surface area contributed by atoms with E-state index in [0.29, 0.717) is 6.04 Å². The molecule has 2 atom stereocenters. The van der Waals surface area contributed by atoms with Gasteiger partial charge >= 0.3 is 0 Å². The number of aryl methyl sites for hydroxylation is 1. The van der Waals surface area contributed by atoms with Crippen LogP contribution >= 0.6 is 15.9 Å². The van der Waals surface area contributed by atoms with E-state index >= 15 is 0 Å². The first-order valence-electron chi connectivity index (χ1n) is 6.12. The van der Waals surface area contributed by atoms with Gasteiger partial charge in [0, 0.05) is 16.1 Å². The molecule has 0 bridgehead atoms. The zero-order valence-electron chi connectivity index (χ0n) is 10.3. The fraction of sp³-hybridized carbons (Fsp3) is 0.500. The first-order chi connectivity index (χ1) is 8.04. The second kappa shape index (κ2) is 5.21. The van der Waals surface area contributed by atoms with E-state index in [1.165, 1.54) is 6.42 Å². The lowest BCUT2D eigenvalue weighted by atomic mass is 10.1. The van der Waals surface area contributed by atoms with Crippen molar-refractivity contribution in [1.29, 1.82) is 0 Å². The molecule has 1 fully saturated rings. The number of hydrogen-bond donors (Lipinski definition) is 1. The van der Waals surface area contributed by atoms with Crippen molar-refractivity contribution in [3.8, 4) is 0 Å².